The molecule has 0 saturated carbocycles. The van der Waals surface area contributed by atoms with E-state index < -0.39 is 5.60 Å². The summed E-state index contributed by atoms with van der Waals surface area (Å²) in [6.45, 7) is 3.90. The minimum atomic E-state index is -0.885. The highest BCUT2D eigenvalue weighted by molar-refractivity contribution is 5.15. The molecular weight excluding hydrogens is 166 g/mol. The molecular formula is C10H15NO2. The zero-order valence-corrected chi connectivity index (χ0v) is 8.24. The number of hydrogen-bond donors (Lipinski definition) is 1. The van der Waals surface area contributed by atoms with Gasteiger partial charge in [0, 0.05) is 7.11 Å². The van der Waals surface area contributed by atoms with E-state index in [4.69, 9.17) is 4.74 Å². The molecule has 0 aliphatic heterocycles. The molecule has 1 heterocycles. The lowest BCUT2D eigenvalue weighted by Gasteiger charge is -2.16. The summed E-state index contributed by atoms with van der Waals surface area (Å²) >= 11 is 0. The minimum absolute atomic E-state index is 0.476. The monoisotopic (exact) mass is 181 g/mol. The van der Waals surface area contributed by atoms with Crippen molar-refractivity contribution in [2.45, 2.75) is 26.1 Å². The van der Waals surface area contributed by atoms with Gasteiger partial charge < -0.3 is 9.84 Å². The molecule has 13 heavy (non-hydrogen) atoms. The summed E-state index contributed by atoms with van der Waals surface area (Å²) in [6.07, 6.45) is 0. The van der Waals surface area contributed by atoms with Crippen molar-refractivity contribution in [1.82, 2.24) is 4.98 Å². The van der Waals surface area contributed by atoms with Crippen LogP contribution >= 0.6 is 0 Å². The molecule has 72 valence electrons. The van der Waals surface area contributed by atoms with Gasteiger partial charge in [0.15, 0.2) is 0 Å². The highest BCUT2D eigenvalue weighted by Gasteiger charge is 2.17. The molecule has 0 unspecified atom stereocenters. The van der Waals surface area contributed by atoms with Crippen LogP contribution in [0.1, 0.15) is 25.2 Å². The first-order chi connectivity index (χ1) is 6.04. The first kappa shape index (κ1) is 10.2. The summed E-state index contributed by atoms with van der Waals surface area (Å²) in [5.41, 5.74) is 0.619. The third-order valence-corrected chi connectivity index (χ3v) is 1.73. The molecule has 1 rings (SSSR count). The molecule has 0 radical (unpaired) electrons. The van der Waals surface area contributed by atoms with E-state index in [9.17, 15) is 5.11 Å². The van der Waals surface area contributed by atoms with Crippen molar-refractivity contribution in [2.24, 2.45) is 0 Å². The van der Waals surface area contributed by atoms with Crippen LogP contribution in [0.25, 0.3) is 0 Å². The predicted molar refractivity (Wildman–Crippen MR) is 50.2 cm³/mol. The molecule has 1 aromatic heterocycles. The van der Waals surface area contributed by atoms with Crippen LogP contribution in [0.5, 0.6) is 0 Å². The average Bonchev–Trinajstić information content (AvgIpc) is 2.04. The Bertz CT molecular complexity index is 278. The standard InChI is InChI=1S/C10H15NO2/c1-10(2,12)9-6-4-5-8(11-9)7-13-3/h4-6,12H,7H2,1-3H3. The maximum absolute atomic E-state index is 9.68. The highest BCUT2D eigenvalue weighted by atomic mass is 16.5. The minimum Gasteiger partial charge on any atom is -0.384 e. The lowest BCUT2D eigenvalue weighted by atomic mass is 10.0. The van der Waals surface area contributed by atoms with Gasteiger partial charge in [-0.3, -0.25) is 4.98 Å². The number of methoxy groups -OCH3 is 1. The van der Waals surface area contributed by atoms with Crippen LogP contribution in [-0.2, 0) is 16.9 Å². The van der Waals surface area contributed by atoms with Gasteiger partial charge in [-0.25, -0.2) is 0 Å². The van der Waals surface area contributed by atoms with Crippen molar-refractivity contribution < 1.29 is 9.84 Å². The zero-order valence-electron chi connectivity index (χ0n) is 8.24. The molecule has 1 N–H and O–H groups in total. The topological polar surface area (TPSA) is 42.4 Å². The first-order valence-corrected chi connectivity index (χ1v) is 4.22. The number of hydrogen-bond acceptors (Lipinski definition) is 3. The first-order valence-electron chi connectivity index (χ1n) is 4.22. The van der Waals surface area contributed by atoms with Crippen molar-refractivity contribution in [3.8, 4) is 0 Å². The number of aliphatic hydroxyl groups is 1. The van der Waals surface area contributed by atoms with E-state index in [1.54, 1.807) is 27.0 Å². The summed E-state index contributed by atoms with van der Waals surface area (Å²) < 4.78 is 4.95. The summed E-state index contributed by atoms with van der Waals surface area (Å²) in [5.74, 6) is 0. The number of pyridine rings is 1. The molecule has 0 aliphatic rings. The van der Waals surface area contributed by atoms with Crippen molar-refractivity contribution in [3.63, 3.8) is 0 Å². The number of rotatable bonds is 3. The van der Waals surface area contributed by atoms with E-state index >= 15 is 0 Å². The van der Waals surface area contributed by atoms with Gasteiger partial charge >= 0.3 is 0 Å². The molecule has 0 amide bonds. The van der Waals surface area contributed by atoms with E-state index in [0.717, 1.165) is 5.69 Å². The van der Waals surface area contributed by atoms with Gasteiger partial charge in [-0.15, -0.1) is 0 Å². The average molecular weight is 181 g/mol. The van der Waals surface area contributed by atoms with Crippen LogP contribution in [0.15, 0.2) is 18.2 Å². The van der Waals surface area contributed by atoms with E-state index in [1.165, 1.54) is 0 Å². The molecule has 1 aromatic rings. The lowest BCUT2D eigenvalue weighted by Crippen LogP contribution is -2.18. The van der Waals surface area contributed by atoms with Crippen molar-refractivity contribution in [3.05, 3.63) is 29.6 Å². The third kappa shape index (κ3) is 2.79. The maximum Gasteiger partial charge on any atom is 0.101 e. The Balaban J connectivity index is 2.92. The Labute approximate surface area is 78.4 Å². The summed E-state index contributed by atoms with van der Waals surface area (Å²) in [4.78, 5) is 4.26. The van der Waals surface area contributed by atoms with Gasteiger partial charge in [0.25, 0.3) is 0 Å². The normalized spacial score (nSPS) is 11.7. The summed E-state index contributed by atoms with van der Waals surface area (Å²) in [7, 11) is 1.62. The molecule has 0 atom stereocenters. The maximum atomic E-state index is 9.68. The van der Waals surface area contributed by atoms with Crippen LogP contribution in [0.3, 0.4) is 0 Å². The molecule has 0 aliphatic carbocycles. The predicted octanol–water partition coefficient (Wildman–Crippen LogP) is 1.46. The molecule has 0 saturated heterocycles. The van der Waals surface area contributed by atoms with Crippen LogP contribution in [0.2, 0.25) is 0 Å². The van der Waals surface area contributed by atoms with Crippen LogP contribution in [0.4, 0.5) is 0 Å². The van der Waals surface area contributed by atoms with Gasteiger partial charge in [0.2, 0.25) is 0 Å². The van der Waals surface area contributed by atoms with Gasteiger partial charge in [0.05, 0.1) is 18.0 Å². The summed E-state index contributed by atoms with van der Waals surface area (Å²) in [6, 6.07) is 5.55. The quantitative estimate of drug-likeness (QED) is 0.767. The Morgan fingerprint density at radius 1 is 1.46 bits per heavy atom. The fraction of sp³-hybridized carbons (Fsp3) is 0.500. The van der Waals surface area contributed by atoms with Crippen LogP contribution in [-0.4, -0.2) is 17.2 Å². The van der Waals surface area contributed by atoms with E-state index in [0.29, 0.717) is 12.3 Å². The zero-order chi connectivity index (χ0) is 9.90. The molecule has 3 heteroatoms. The largest absolute Gasteiger partial charge is 0.384 e. The third-order valence-electron chi connectivity index (χ3n) is 1.73. The van der Waals surface area contributed by atoms with Gasteiger partial charge in [-0.2, -0.15) is 0 Å². The van der Waals surface area contributed by atoms with Crippen molar-refractivity contribution >= 4 is 0 Å². The lowest BCUT2D eigenvalue weighted by molar-refractivity contribution is 0.0730. The van der Waals surface area contributed by atoms with Crippen molar-refractivity contribution in [1.29, 1.82) is 0 Å². The van der Waals surface area contributed by atoms with Gasteiger partial charge in [-0.05, 0) is 26.0 Å². The Hall–Kier alpha value is -0.930. The number of nitrogens with zero attached hydrogens (tertiary/aromatic N) is 1. The van der Waals surface area contributed by atoms with E-state index in [-0.39, 0.29) is 0 Å². The van der Waals surface area contributed by atoms with Crippen molar-refractivity contribution in [2.75, 3.05) is 7.11 Å². The Kier molecular flexibility index (Phi) is 3.01. The van der Waals surface area contributed by atoms with Crippen LogP contribution in [0, 0.1) is 0 Å². The second kappa shape index (κ2) is 3.85. The molecule has 0 spiro atoms. The number of ether oxygens (including phenoxy) is 1. The Morgan fingerprint density at radius 2 is 2.15 bits per heavy atom. The van der Waals surface area contributed by atoms with Crippen LogP contribution < -0.4 is 0 Å². The van der Waals surface area contributed by atoms with Gasteiger partial charge in [-0.1, -0.05) is 6.07 Å². The molecule has 0 aromatic carbocycles. The summed E-state index contributed by atoms with van der Waals surface area (Å²) in [5, 5.41) is 9.68. The second-order valence-corrected chi connectivity index (χ2v) is 3.51. The van der Waals surface area contributed by atoms with Gasteiger partial charge in [0.1, 0.15) is 5.60 Å². The number of aromatic nitrogens is 1. The second-order valence-electron chi connectivity index (χ2n) is 3.51. The fourth-order valence-electron chi connectivity index (χ4n) is 1.05. The smallest absolute Gasteiger partial charge is 0.101 e. The highest BCUT2D eigenvalue weighted by Crippen LogP contribution is 2.17. The molecule has 0 fully saturated rings. The molecule has 0 bridgehead atoms. The van der Waals surface area contributed by atoms with E-state index in [2.05, 4.69) is 4.98 Å². The molecule has 3 nitrogen and oxygen atoms in total. The Morgan fingerprint density at radius 3 is 2.69 bits per heavy atom. The van der Waals surface area contributed by atoms with E-state index in [1.807, 2.05) is 12.1 Å². The SMILES string of the molecule is COCc1cccc(C(C)(C)O)n1. The fourth-order valence-corrected chi connectivity index (χ4v) is 1.05.